The predicted octanol–water partition coefficient (Wildman–Crippen LogP) is 5.00. The van der Waals surface area contributed by atoms with Gasteiger partial charge in [-0.1, -0.05) is 40.5 Å². The Balaban J connectivity index is 2.13. The van der Waals surface area contributed by atoms with E-state index in [0.717, 1.165) is 16.5 Å². The highest BCUT2D eigenvalue weighted by atomic mass is 79.9. The van der Waals surface area contributed by atoms with Crippen molar-refractivity contribution in [3.63, 3.8) is 0 Å². The summed E-state index contributed by atoms with van der Waals surface area (Å²) in [4.78, 5) is 2.54. The summed E-state index contributed by atoms with van der Waals surface area (Å²) in [7, 11) is 0. The molecule has 18 heavy (non-hydrogen) atoms. The highest BCUT2D eigenvalue weighted by Crippen LogP contribution is 2.30. The molecule has 0 saturated heterocycles. The minimum atomic E-state index is -0.547. The topological polar surface area (TPSA) is 20.2 Å². The second kappa shape index (κ2) is 6.20. The van der Waals surface area contributed by atoms with Gasteiger partial charge >= 0.3 is 0 Å². The molecular weight excluding hydrogens is 332 g/mol. The van der Waals surface area contributed by atoms with E-state index in [9.17, 15) is 5.11 Å². The van der Waals surface area contributed by atoms with Crippen LogP contribution in [0.1, 0.15) is 28.3 Å². The third kappa shape index (κ3) is 3.35. The molecule has 4 heteroatoms. The molecule has 0 amide bonds. The van der Waals surface area contributed by atoms with Crippen molar-refractivity contribution in [3.8, 4) is 0 Å². The van der Waals surface area contributed by atoms with Gasteiger partial charge in [-0.15, -0.1) is 11.3 Å². The number of aliphatic hydroxyl groups is 1. The fourth-order valence-corrected chi connectivity index (χ4v) is 3.59. The molecule has 1 N–H and O–H groups in total. The van der Waals surface area contributed by atoms with Crippen molar-refractivity contribution in [1.82, 2.24) is 0 Å². The normalized spacial score (nSPS) is 12.7. The van der Waals surface area contributed by atoms with E-state index in [0.29, 0.717) is 11.4 Å². The number of aryl methyl sites for hydroxylation is 1. The number of aliphatic hydroxyl groups excluding tert-OH is 1. The molecule has 1 aromatic heterocycles. The first-order chi connectivity index (χ1) is 8.60. The lowest BCUT2D eigenvalue weighted by atomic mass is 10.1. The zero-order chi connectivity index (χ0) is 13.1. The van der Waals surface area contributed by atoms with Crippen LogP contribution >= 0.6 is 38.9 Å². The molecule has 0 radical (unpaired) electrons. The van der Waals surface area contributed by atoms with Gasteiger partial charge in [0.15, 0.2) is 0 Å². The van der Waals surface area contributed by atoms with Crippen LogP contribution in [0.4, 0.5) is 0 Å². The van der Waals surface area contributed by atoms with E-state index >= 15 is 0 Å². The Morgan fingerprint density at radius 3 is 2.61 bits per heavy atom. The molecule has 1 nitrogen and oxygen atoms in total. The number of benzene rings is 1. The highest BCUT2D eigenvalue weighted by molar-refractivity contribution is 9.10. The fourth-order valence-electron chi connectivity index (χ4n) is 1.79. The minimum absolute atomic E-state index is 0.547. The van der Waals surface area contributed by atoms with E-state index in [-0.39, 0.29) is 0 Å². The van der Waals surface area contributed by atoms with Crippen LogP contribution in [0.15, 0.2) is 34.8 Å². The molecular formula is C14H14BrClOS. The van der Waals surface area contributed by atoms with Crippen LogP contribution in [0.2, 0.25) is 5.02 Å². The average molecular weight is 346 g/mol. The van der Waals surface area contributed by atoms with Crippen molar-refractivity contribution in [2.75, 3.05) is 0 Å². The molecule has 1 heterocycles. The minimum Gasteiger partial charge on any atom is -0.388 e. The molecule has 0 aliphatic heterocycles. The quantitative estimate of drug-likeness (QED) is 0.826. The lowest BCUT2D eigenvalue weighted by Gasteiger charge is -2.12. The molecule has 0 fully saturated rings. The zero-order valence-electron chi connectivity index (χ0n) is 9.99. The van der Waals surface area contributed by atoms with Crippen molar-refractivity contribution in [2.24, 2.45) is 0 Å². The maximum absolute atomic E-state index is 10.2. The summed E-state index contributed by atoms with van der Waals surface area (Å²) < 4.78 is 0.924. The number of halogens is 2. The summed E-state index contributed by atoms with van der Waals surface area (Å²) in [6.45, 7) is 2.14. The molecule has 0 spiro atoms. The Bertz CT molecular complexity index is 538. The van der Waals surface area contributed by atoms with Crippen LogP contribution in [0.3, 0.4) is 0 Å². The molecule has 0 aliphatic carbocycles. The molecule has 2 aromatic rings. The molecule has 1 unspecified atom stereocenters. The van der Waals surface area contributed by atoms with Crippen LogP contribution in [0, 0.1) is 0 Å². The first-order valence-electron chi connectivity index (χ1n) is 5.80. The van der Waals surface area contributed by atoms with Crippen LogP contribution in [-0.4, -0.2) is 5.11 Å². The van der Waals surface area contributed by atoms with Gasteiger partial charge in [-0.05, 0) is 36.2 Å². The number of hydrogen-bond donors (Lipinski definition) is 1. The number of rotatable bonds is 4. The van der Waals surface area contributed by atoms with Gasteiger partial charge in [0.25, 0.3) is 0 Å². The maximum atomic E-state index is 10.2. The van der Waals surface area contributed by atoms with Crippen molar-refractivity contribution < 1.29 is 5.11 Å². The zero-order valence-corrected chi connectivity index (χ0v) is 13.1. The van der Waals surface area contributed by atoms with Crippen LogP contribution in [0.25, 0.3) is 0 Å². The lowest BCUT2D eigenvalue weighted by molar-refractivity contribution is 0.179. The first kappa shape index (κ1) is 14.1. The van der Waals surface area contributed by atoms with Gasteiger partial charge < -0.3 is 5.11 Å². The van der Waals surface area contributed by atoms with E-state index in [1.807, 2.05) is 18.2 Å². The Morgan fingerprint density at radius 2 is 2.00 bits per heavy atom. The molecule has 2 rings (SSSR count). The maximum Gasteiger partial charge on any atom is 0.0852 e. The van der Waals surface area contributed by atoms with Crippen LogP contribution < -0.4 is 0 Å². The standard InChI is InChI=1S/C14H14BrClOS/c1-2-10-4-5-11(18-10)8-14(17)12-6-3-9(15)7-13(12)16/h3-7,14,17H,2,8H2,1H3. The van der Waals surface area contributed by atoms with E-state index in [4.69, 9.17) is 11.6 Å². The highest BCUT2D eigenvalue weighted by Gasteiger charge is 2.13. The van der Waals surface area contributed by atoms with Crippen molar-refractivity contribution >= 4 is 38.9 Å². The molecule has 96 valence electrons. The van der Waals surface area contributed by atoms with E-state index in [1.165, 1.54) is 9.75 Å². The van der Waals surface area contributed by atoms with Gasteiger partial charge in [-0.3, -0.25) is 0 Å². The molecule has 0 saturated carbocycles. The van der Waals surface area contributed by atoms with Crippen LogP contribution in [0.5, 0.6) is 0 Å². The molecule has 0 bridgehead atoms. The summed E-state index contributed by atoms with van der Waals surface area (Å²) in [5.41, 5.74) is 0.784. The largest absolute Gasteiger partial charge is 0.388 e. The number of thiophene rings is 1. The van der Waals surface area contributed by atoms with Gasteiger partial charge in [0.05, 0.1) is 6.10 Å². The second-order valence-electron chi connectivity index (χ2n) is 4.11. The van der Waals surface area contributed by atoms with E-state index in [1.54, 1.807) is 11.3 Å². The number of hydrogen-bond acceptors (Lipinski definition) is 2. The Labute approximate surface area is 125 Å². The molecule has 1 atom stereocenters. The van der Waals surface area contributed by atoms with Gasteiger partial charge in [0.2, 0.25) is 0 Å². The van der Waals surface area contributed by atoms with Crippen molar-refractivity contribution in [3.05, 3.63) is 55.1 Å². The smallest absolute Gasteiger partial charge is 0.0852 e. The van der Waals surface area contributed by atoms with Gasteiger partial charge in [-0.2, -0.15) is 0 Å². The first-order valence-corrected chi connectivity index (χ1v) is 7.79. The van der Waals surface area contributed by atoms with E-state index in [2.05, 4.69) is 35.0 Å². The van der Waals surface area contributed by atoms with Gasteiger partial charge in [-0.25, -0.2) is 0 Å². The molecule has 0 aliphatic rings. The summed E-state index contributed by atoms with van der Waals surface area (Å²) >= 11 is 11.2. The lowest BCUT2D eigenvalue weighted by Crippen LogP contribution is -2.01. The fraction of sp³-hybridized carbons (Fsp3) is 0.286. The Kier molecular flexibility index (Phi) is 4.84. The SMILES string of the molecule is CCc1ccc(CC(O)c2ccc(Br)cc2Cl)s1. The third-order valence-electron chi connectivity index (χ3n) is 2.78. The van der Waals surface area contributed by atoms with Crippen molar-refractivity contribution in [2.45, 2.75) is 25.9 Å². The summed E-state index contributed by atoms with van der Waals surface area (Å²) in [5, 5.41) is 10.8. The predicted molar refractivity (Wildman–Crippen MR) is 81.5 cm³/mol. The van der Waals surface area contributed by atoms with E-state index < -0.39 is 6.10 Å². The summed E-state index contributed by atoms with van der Waals surface area (Å²) in [6, 6.07) is 9.78. The van der Waals surface area contributed by atoms with Crippen molar-refractivity contribution in [1.29, 1.82) is 0 Å². The Hall–Kier alpha value is -0.350. The molecule has 1 aromatic carbocycles. The monoisotopic (exact) mass is 344 g/mol. The summed E-state index contributed by atoms with van der Waals surface area (Å²) in [5.74, 6) is 0. The van der Waals surface area contributed by atoms with Crippen LogP contribution in [-0.2, 0) is 12.8 Å². The summed E-state index contributed by atoms with van der Waals surface area (Å²) in [6.07, 6.45) is 1.11. The Morgan fingerprint density at radius 1 is 1.28 bits per heavy atom. The van der Waals surface area contributed by atoms with Gasteiger partial charge in [0, 0.05) is 25.7 Å². The third-order valence-corrected chi connectivity index (χ3v) is 4.85. The average Bonchev–Trinajstić information content (AvgIpc) is 2.76. The van der Waals surface area contributed by atoms with Gasteiger partial charge in [0.1, 0.15) is 0 Å². The second-order valence-corrected chi connectivity index (χ2v) is 6.68.